The maximum absolute atomic E-state index is 11.0. The number of nitrogens with one attached hydrogen (secondary N) is 1. The molecule has 0 aromatic carbocycles. The summed E-state index contributed by atoms with van der Waals surface area (Å²) in [4.78, 5) is 11.0. The maximum Gasteiger partial charge on any atom is 0.223 e. The number of carbonyl (C=O) groups excluding carboxylic acids is 1. The molecule has 4 fully saturated rings. The van der Waals surface area contributed by atoms with Gasteiger partial charge >= 0.3 is 0 Å². The van der Waals surface area contributed by atoms with Gasteiger partial charge in [-0.2, -0.15) is 0 Å². The Bertz CT molecular complexity index is 177. The summed E-state index contributed by atoms with van der Waals surface area (Å²) in [5, 5.41) is 3.01. The largest absolute Gasteiger partial charge is 0.353 e. The van der Waals surface area contributed by atoms with Gasteiger partial charge in [0.2, 0.25) is 5.91 Å². The standard InChI is InChI=1S/C7H9NO/c9-7-3-1-4-5(2-3)6(4)8-7/h3-6H,1-2H2,(H,8,9). The summed E-state index contributed by atoms with van der Waals surface area (Å²) in [6.07, 6.45) is 2.39. The zero-order valence-corrected chi connectivity index (χ0v) is 5.13. The van der Waals surface area contributed by atoms with Crippen LogP contribution in [0.3, 0.4) is 0 Å². The van der Waals surface area contributed by atoms with Crippen LogP contribution in [0.2, 0.25) is 0 Å². The highest BCUT2D eigenvalue weighted by Crippen LogP contribution is 2.57. The van der Waals surface area contributed by atoms with Crippen molar-refractivity contribution < 1.29 is 4.79 Å². The Kier molecular flexibility index (Phi) is 0.491. The van der Waals surface area contributed by atoms with Crippen LogP contribution in [0.4, 0.5) is 0 Å². The van der Waals surface area contributed by atoms with E-state index in [1.807, 2.05) is 0 Å². The molecule has 0 aromatic rings. The van der Waals surface area contributed by atoms with Gasteiger partial charge in [-0.15, -0.1) is 0 Å². The van der Waals surface area contributed by atoms with Crippen LogP contribution in [0.15, 0.2) is 0 Å². The van der Waals surface area contributed by atoms with Crippen molar-refractivity contribution in [1.29, 1.82) is 0 Å². The quantitative estimate of drug-likeness (QED) is 0.487. The van der Waals surface area contributed by atoms with Crippen molar-refractivity contribution in [1.82, 2.24) is 5.32 Å². The zero-order valence-electron chi connectivity index (χ0n) is 5.13. The zero-order chi connectivity index (χ0) is 6.01. The normalized spacial score (nSPS) is 59.3. The fraction of sp³-hybridized carbons (Fsp3) is 0.857. The first kappa shape index (κ1) is 4.31. The smallest absolute Gasteiger partial charge is 0.223 e. The van der Waals surface area contributed by atoms with Crippen LogP contribution in [-0.2, 0) is 4.79 Å². The summed E-state index contributed by atoms with van der Waals surface area (Å²) in [5.74, 6) is 2.52. The van der Waals surface area contributed by atoms with Gasteiger partial charge in [0.05, 0.1) is 0 Å². The lowest BCUT2D eigenvalue weighted by Gasteiger charge is -2.21. The number of fused-ring (bicyclic) bond motifs is 1. The van der Waals surface area contributed by atoms with Crippen LogP contribution in [-0.4, -0.2) is 11.9 Å². The number of amides is 1. The van der Waals surface area contributed by atoms with Crippen molar-refractivity contribution in [3.8, 4) is 0 Å². The highest BCUT2D eigenvalue weighted by atomic mass is 16.2. The van der Waals surface area contributed by atoms with E-state index in [1.54, 1.807) is 0 Å². The van der Waals surface area contributed by atoms with Gasteiger partial charge in [-0.3, -0.25) is 4.79 Å². The first-order valence-electron chi connectivity index (χ1n) is 3.66. The minimum atomic E-state index is 0.324. The first-order valence-corrected chi connectivity index (χ1v) is 3.66. The Hall–Kier alpha value is -0.530. The SMILES string of the molecule is O=C1NC2C3CC1CC32. The highest BCUT2D eigenvalue weighted by Gasteiger charge is 2.62. The van der Waals surface area contributed by atoms with Gasteiger partial charge in [0, 0.05) is 12.0 Å². The predicted molar refractivity (Wildman–Crippen MR) is 31.6 cm³/mol. The molecule has 2 nitrogen and oxygen atoms in total. The van der Waals surface area contributed by atoms with E-state index in [2.05, 4.69) is 5.32 Å². The third kappa shape index (κ3) is 0.345. The Morgan fingerprint density at radius 1 is 1.33 bits per heavy atom. The van der Waals surface area contributed by atoms with Crippen LogP contribution in [0.5, 0.6) is 0 Å². The molecule has 0 spiro atoms. The van der Waals surface area contributed by atoms with Crippen molar-refractivity contribution in [2.45, 2.75) is 18.9 Å². The van der Waals surface area contributed by atoms with Gasteiger partial charge < -0.3 is 5.32 Å². The maximum atomic E-state index is 11.0. The van der Waals surface area contributed by atoms with Crippen LogP contribution in [0.1, 0.15) is 12.8 Å². The van der Waals surface area contributed by atoms with Gasteiger partial charge in [-0.25, -0.2) is 0 Å². The molecule has 2 atom stereocenters. The van der Waals surface area contributed by atoms with Crippen LogP contribution >= 0.6 is 0 Å². The topological polar surface area (TPSA) is 29.1 Å². The summed E-state index contributed by atoms with van der Waals surface area (Å²) in [6, 6.07) is 0.613. The summed E-state index contributed by atoms with van der Waals surface area (Å²) >= 11 is 0. The number of piperidine rings is 2. The average molecular weight is 123 g/mol. The third-order valence-electron chi connectivity index (χ3n) is 3.12. The number of carbonyl (C=O) groups is 1. The number of rotatable bonds is 0. The molecule has 2 saturated heterocycles. The lowest BCUT2D eigenvalue weighted by molar-refractivity contribution is -0.127. The molecule has 2 saturated carbocycles. The van der Waals surface area contributed by atoms with Gasteiger partial charge in [-0.05, 0) is 24.7 Å². The Labute approximate surface area is 53.6 Å². The number of hydrogen-bond donors (Lipinski definition) is 1. The predicted octanol–water partition coefficient (Wildman–Crippen LogP) is 0.141. The van der Waals surface area contributed by atoms with Crippen LogP contribution < -0.4 is 5.32 Å². The second-order valence-corrected chi connectivity index (χ2v) is 3.53. The molecule has 0 radical (unpaired) electrons. The Balaban J connectivity index is 2.01. The van der Waals surface area contributed by atoms with E-state index in [1.165, 1.54) is 12.8 Å². The van der Waals surface area contributed by atoms with Crippen molar-refractivity contribution in [3.63, 3.8) is 0 Å². The highest BCUT2D eigenvalue weighted by molar-refractivity contribution is 5.82. The van der Waals surface area contributed by atoms with Gasteiger partial charge in [0.15, 0.2) is 0 Å². The minimum absolute atomic E-state index is 0.324. The lowest BCUT2D eigenvalue weighted by atomic mass is 9.97. The van der Waals surface area contributed by atoms with E-state index in [0.717, 1.165) is 11.8 Å². The summed E-state index contributed by atoms with van der Waals surface area (Å²) in [6.45, 7) is 0. The number of hydrogen-bond acceptors (Lipinski definition) is 1. The minimum Gasteiger partial charge on any atom is -0.353 e. The van der Waals surface area contributed by atoms with E-state index in [0.29, 0.717) is 17.9 Å². The molecule has 2 aliphatic carbocycles. The molecule has 2 heterocycles. The fourth-order valence-electron chi connectivity index (χ4n) is 2.55. The molecule has 2 aliphatic heterocycles. The monoisotopic (exact) mass is 123 g/mol. The molecule has 4 bridgehead atoms. The Morgan fingerprint density at radius 3 is 2.33 bits per heavy atom. The molecule has 1 N–H and O–H groups in total. The van der Waals surface area contributed by atoms with E-state index in [-0.39, 0.29) is 0 Å². The molecule has 1 amide bonds. The van der Waals surface area contributed by atoms with Crippen molar-refractivity contribution in [3.05, 3.63) is 0 Å². The first-order chi connectivity index (χ1) is 4.36. The van der Waals surface area contributed by atoms with Crippen molar-refractivity contribution in [2.75, 3.05) is 0 Å². The molecule has 2 heteroatoms. The molecule has 4 aliphatic rings. The van der Waals surface area contributed by atoms with Gasteiger partial charge in [0.25, 0.3) is 0 Å². The van der Waals surface area contributed by atoms with E-state index in [9.17, 15) is 4.79 Å². The van der Waals surface area contributed by atoms with Crippen molar-refractivity contribution >= 4 is 5.91 Å². The molecule has 9 heavy (non-hydrogen) atoms. The molecular formula is C7H9NO. The second-order valence-electron chi connectivity index (χ2n) is 3.53. The fourth-order valence-corrected chi connectivity index (χ4v) is 2.55. The van der Waals surface area contributed by atoms with E-state index >= 15 is 0 Å². The second kappa shape index (κ2) is 1.02. The molecule has 2 unspecified atom stereocenters. The molecule has 0 aromatic heterocycles. The third-order valence-corrected chi connectivity index (χ3v) is 3.12. The average Bonchev–Trinajstić information content (AvgIpc) is 2.43. The lowest BCUT2D eigenvalue weighted by Crippen LogP contribution is -2.40. The summed E-state index contributed by atoms with van der Waals surface area (Å²) < 4.78 is 0. The van der Waals surface area contributed by atoms with Gasteiger partial charge in [0.1, 0.15) is 0 Å². The molecule has 4 rings (SSSR count). The summed E-state index contributed by atoms with van der Waals surface area (Å²) in [7, 11) is 0. The van der Waals surface area contributed by atoms with Gasteiger partial charge in [-0.1, -0.05) is 0 Å². The van der Waals surface area contributed by atoms with E-state index < -0.39 is 0 Å². The summed E-state index contributed by atoms with van der Waals surface area (Å²) in [5.41, 5.74) is 0. The molecule has 48 valence electrons. The van der Waals surface area contributed by atoms with Crippen LogP contribution in [0.25, 0.3) is 0 Å². The molecular weight excluding hydrogens is 114 g/mol. The van der Waals surface area contributed by atoms with Crippen LogP contribution in [0, 0.1) is 17.8 Å². The van der Waals surface area contributed by atoms with E-state index in [4.69, 9.17) is 0 Å². The van der Waals surface area contributed by atoms with Crippen molar-refractivity contribution in [2.24, 2.45) is 17.8 Å². The Morgan fingerprint density at radius 2 is 2.00 bits per heavy atom.